The van der Waals surface area contributed by atoms with Crippen molar-refractivity contribution in [3.8, 4) is 0 Å². The van der Waals surface area contributed by atoms with E-state index in [2.05, 4.69) is 26.7 Å². The number of nitrogens with zero attached hydrogens (tertiary/aromatic N) is 4. The molecule has 0 spiro atoms. The first-order chi connectivity index (χ1) is 8.81. The van der Waals surface area contributed by atoms with Crippen molar-refractivity contribution < 1.29 is 4.74 Å². The molecule has 1 saturated heterocycles. The van der Waals surface area contributed by atoms with Crippen molar-refractivity contribution in [1.29, 1.82) is 0 Å². The van der Waals surface area contributed by atoms with Crippen LogP contribution in [0.1, 0.15) is 19.8 Å². The summed E-state index contributed by atoms with van der Waals surface area (Å²) in [6, 6.07) is 1.97. The molecule has 1 aliphatic heterocycles. The zero-order valence-corrected chi connectivity index (χ0v) is 11.3. The zero-order valence-electron chi connectivity index (χ0n) is 11.3. The van der Waals surface area contributed by atoms with Crippen LogP contribution in [-0.4, -0.2) is 49.9 Å². The van der Waals surface area contributed by atoms with Gasteiger partial charge in [0.15, 0.2) is 0 Å². The normalized spacial score (nSPS) is 15.8. The van der Waals surface area contributed by atoms with Crippen LogP contribution in [0.5, 0.6) is 0 Å². The van der Waals surface area contributed by atoms with Crippen molar-refractivity contribution in [2.24, 2.45) is 0 Å². The van der Waals surface area contributed by atoms with Gasteiger partial charge in [0.05, 0.1) is 13.2 Å². The van der Waals surface area contributed by atoms with Crippen molar-refractivity contribution in [2.45, 2.75) is 19.8 Å². The van der Waals surface area contributed by atoms with Crippen LogP contribution in [0.4, 0.5) is 11.8 Å². The van der Waals surface area contributed by atoms with Gasteiger partial charge >= 0.3 is 0 Å². The highest BCUT2D eigenvalue weighted by Gasteiger charge is 2.13. The van der Waals surface area contributed by atoms with Crippen LogP contribution in [0, 0.1) is 0 Å². The van der Waals surface area contributed by atoms with Gasteiger partial charge in [0.25, 0.3) is 0 Å². The molecule has 1 fully saturated rings. The van der Waals surface area contributed by atoms with Gasteiger partial charge in [-0.25, -0.2) is 4.98 Å². The van der Waals surface area contributed by atoms with E-state index >= 15 is 0 Å². The van der Waals surface area contributed by atoms with Crippen molar-refractivity contribution in [3.63, 3.8) is 0 Å². The van der Waals surface area contributed by atoms with E-state index in [1.165, 1.54) is 12.8 Å². The Balaban J connectivity index is 2.04. The first-order valence-corrected chi connectivity index (χ1v) is 6.68. The van der Waals surface area contributed by atoms with E-state index in [9.17, 15) is 0 Å². The minimum Gasteiger partial charge on any atom is -0.378 e. The number of hydrogen-bond acceptors (Lipinski definition) is 5. The molecule has 1 aromatic rings. The van der Waals surface area contributed by atoms with Gasteiger partial charge in [0.1, 0.15) is 5.82 Å². The molecule has 0 bridgehead atoms. The monoisotopic (exact) mass is 250 g/mol. The van der Waals surface area contributed by atoms with E-state index in [1.807, 2.05) is 19.3 Å². The molecule has 2 rings (SSSR count). The third-order valence-electron chi connectivity index (χ3n) is 3.15. The molecular formula is C13H22N4O. The van der Waals surface area contributed by atoms with Crippen LogP contribution < -0.4 is 9.80 Å². The molecule has 5 heteroatoms. The number of morpholine rings is 1. The van der Waals surface area contributed by atoms with Gasteiger partial charge in [-0.15, -0.1) is 0 Å². The standard InChI is InChI=1S/C13H22N4O/c1-3-4-7-16(2)13-14-6-5-12(15-13)17-8-10-18-11-9-17/h5-6H,3-4,7-11H2,1-2H3. The summed E-state index contributed by atoms with van der Waals surface area (Å²) in [5.74, 6) is 1.82. The Hall–Kier alpha value is -1.36. The molecule has 0 saturated carbocycles. The molecular weight excluding hydrogens is 228 g/mol. The van der Waals surface area contributed by atoms with Gasteiger partial charge in [-0.05, 0) is 12.5 Å². The summed E-state index contributed by atoms with van der Waals surface area (Å²) in [7, 11) is 2.05. The Kier molecular flexibility index (Phi) is 4.75. The average Bonchev–Trinajstić information content (AvgIpc) is 2.46. The Morgan fingerprint density at radius 1 is 1.39 bits per heavy atom. The highest BCUT2D eigenvalue weighted by Crippen LogP contribution is 2.15. The minimum atomic E-state index is 0.783. The third kappa shape index (κ3) is 3.32. The molecule has 100 valence electrons. The summed E-state index contributed by atoms with van der Waals surface area (Å²) >= 11 is 0. The fraction of sp³-hybridized carbons (Fsp3) is 0.692. The van der Waals surface area contributed by atoms with Crippen LogP contribution in [-0.2, 0) is 4.74 Å². The Morgan fingerprint density at radius 2 is 2.17 bits per heavy atom. The van der Waals surface area contributed by atoms with Crippen molar-refractivity contribution >= 4 is 11.8 Å². The van der Waals surface area contributed by atoms with Gasteiger partial charge in [-0.3, -0.25) is 0 Å². The van der Waals surface area contributed by atoms with Crippen LogP contribution >= 0.6 is 0 Å². The Morgan fingerprint density at radius 3 is 2.89 bits per heavy atom. The first kappa shape index (κ1) is 13.1. The van der Waals surface area contributed by atoms with Crippen molar-refractivity contribution in [1.82, 2.24) is 9.97 Å². The second-order valence-corrected chi connectivity index (χ2v) is 4.59. The van der Waals surface area contributed by atoms with Crippen molar-refractivity contribution in [2.75, 3.05) is 49.7 Å². The predicted molar refractivity (Wildman–Crippen MR) is 73.2 cm³/mol. The molecule has 0 amide bonds. The largest absolute Gasteiger partial charge is 0.378 e. The average molecular weight is 250 g/mol. The number of unbranched alkanes of at least 4 members (excludes halogenated alkanes) is 1. The lowest BCUT2D eigenvalue weighted by Gasteiger charge is -2.28. The summed E-state index contributed by atoms with van der Waals surface area (Å²) < 4.78 is 5.36. The van der Waals surface area contributed by atoms with E-state index in [0.29, 0.717) is 0 Å². The van der Waals surface area contributed by atoms with E-state index in [0.717, 1.165) is 44.6 Å². The molecule has 2 heterocycles. The molecule has 0 N–H and O–H groups in total. The molecule has 0 radical (unpaired) electrons. The summed E-state index contributed by atoms with van der Waals surface area (Å²) in [4.78, 5) is 13.3. The first-order valence-electron chi connectivity index (χ1n) is 6.68. The Bertz CT molecular complexity index is 366. The highest BCUT2D eigenvalue weighted by molar-refractivity contribution is 5.43. The minimum absolute atomic E-state index is 0.783. The quantitative estimate of drug-likeness (QED) is 0.793. The highest BCUT2D eigenvalue weighted by atomic mass is 16.5. The summed E-state index contributed by atoms with van der Waals surface area (Å²) in [6.45, 7) is 6.59. The number of ether oxygens (including phenoxy) is 1. The van der Waals surface area contributed by atoms with Gasteiger partial charge < -0.3 is 14.5 Å². The fourth-order valence-corrected chi connectivity index (χ4v) is 1.99. The fourth-order valence-electron chi connectivity index (χ4n) is 1.99. The summed E-state index contributed by atoms with van der Waals surface area (Å²) in [6.07, 6.45) is 4.20. The van der Waals surface area contributed by atoms with E-state index in [4.69, 9.17) is 4.74 Å². The molecule has 1 aromatic heterocycles. The van der Waals surface area contributed by atoms with Crippen LogP contribution in [0.25, 0.3) is 0 Å². The SMILES string of the molecule is CCCCN(C)c1nccc(N2CCOCC2)n1. The summed E-state index contributed by atoms with van der Waals surface area (Å²) in [5, 5.41) is 0. The predicted octanol–water partition coefficient (Wildman–Crippen LogP) is 1.55. The maximum absolute atomic E-state index is 5.36. The topological polar surface area (TPSA) is 41.5 Å². The number of hydrogen-bond donors (Lipinski definition) is 0. The zero-order chi connectivity index (χ0) is 12.8. The Labute approximate surface area is 109 Å². The number of anilines is 2. The second kappa shape index (κ2) is 6.54. The lowest BCUT2D eigenvalue weighted by molar-refractivity contribution is 0.122. The lowest BCUT2D eigenvalue weighted by Crippen LogP contribution is -2.37. The lowest BCUT2D eigenvalue weighted by atomic mass is 10.3. The maximum Gasteiger partial charge on any atom is 0.226 e. The number of rotatable bonds is 5. The molecule has 0 aromatic carbocycles. The van der Waals surface area contributed by atoms with E-state index in [-0.39, 0.29) is 0 Å². The van der Waals surface area contributed by atoms with Crippen LogP contribution in [0.15, 0.2) is 12.3 Å². The molecule has 0 aliphatic carbocycles. The third-order valence-corrected chi connectivity index (χ3v) is 3.15. The summed E-state index contributed by atoms with van der Waals surface area (Å²) in [5.41, 5.74) is 0. The van der Waals surface area contributed by atoms with E-state index in [1.54, 1.807) is 0 Å². The van der Waals surface area contributed by atoms with Gasteiger partial charge in [-0.2, -0.15) is 4.98 Å². The van der Waals surface area contributed by atoms with Gasteiger partial charge in [0.2, 0.25) is 5.95 Å². The van der Waals surface area contributed by atoms with Gasteiger partial charge in [-0.1, -0.05) is 13.3 Å². The second-order valence-electron chi connectivity index (χ2n) is 4.59. The molecule has 0 atom stereocenters. The van der Waals surface area contributed by atoms with Crippen LogP contribution in [0.3, 0.4) is 0 Å². The molecule has 5 nitrogen and oxygen atoms in total. The van der Waals surface area contributed by atoms with Crippen LogP contribution in [0.2, 0.25) is 0 Å². The smallest absolute Gasteiger partial charge is 0.226 e. The van der Waals surface area contributed by atoms with Crippen molar-refractivity contribution in [3.05, 3.63) is 12.3 Å². The number of aromatic nitrogens is 2. The molecule has 0 unspecified atom stereocenters. The molecule has 18 heavy (non-hydrogen) atoms. The maximum atomic E-state index is 5.36. The molecule has 1 aliphatic rings. The van der Waals surface area contributed by atoms with Gasteiger partial charge in [0, 0.05) is 32.9 Å². The van der Waals surface area contributed by atoms with E-state index < -0.39 is 0 Å².